The number of ketones is 1. The number of rotatable bonds is 5. The molecule has 0 aromatic heterocycles. The van der Waals surface area contributed by atoms with Gasteiger partial charge in [0.05, 0.1) is 12.5 Å². The van der Waals surface area contributed by atoms with Crippen LogP contribution in [0.1, 0.15) is 32.3 Å². The van der Waals surface area contributed by atoms with Crippen LogP contribution in [0.3, 0.4) is 0 Å². The number of hydrogen-bond acceptors (Lipinski definition) is 2. The standard InChI is InChI=1S/C14H19NO2/c1-10(2)13(16)9-15-14(17)11(3)12-7-5-4-6-8-12/h4-8,10-11H,9H2,1-3H3,(H,15,17). The van der Waals surface area contributed by atoms with E-state index in [-0.39, 0.29) is 30.1 Å². The fourth-order valence-electron chi connectivity index (χ4n) is 1.42. The maximum atomic E-state index is 11.8. The third kappa shape index (κ3) is 4.02. The molecule has 3 nitrogen and oxygen atoms in total. The number of benzene rings is 1. The Morgan fingerprint density at radius 3 is 2.24 bits per heavy atom. The minimum absolute atomic E-state index is 0.0395. The van der Waals surface area contributed by atoms with Gasteiger partial charge in [0.1, 0.15) is 0 Å². The van der Waals surface area contributed by atoms with Crippen molar-refractivity contribution in [1.29, 1.82) is 0 Å². The lowest BCUT2D eigenvalue weighted by Crippen LogP contribution is -2.34. The number of nitrogens with one attached hydrogen (secondary N) is 1. The van der Waals surface area contributed by atoms with Gasteiger partial charge in [-0.15, -0.1) is 0 Å². The van der Waals surface area contributed by atoms with Gasteiger partial charge in [-0.05, 0) is 12.5 Å². The smallest absolute Gasteiger partial charge is 0.227 e. The Labute approximate surface area is 102 Å². The molecule has 17 heavy (non-hydrogen) atoms. The molecule has 0 aliphatic heterocycles. The van der Waals surface area contributed by atoms with Gasteiger partial charge in [0.2, 0.25) is 5.91 Å². The van der Waals surface area contributed by atoms with Gasteiger partial charge in [-0.1, -0.05) is 44.2 Å². The van der Waals surface area contributed by atoms with Crippen LogP contribution in [0.4, 0.5) is 0 Å². The summed E-state index contributed by atoms with van der Waals surface area (Å²) < 4.78 is 0. The van der Waals surface area contributed by atoms with Crippen LogP contribution in [0.25, 0.3) is 0 Å². The lowest BCUT2D eigenvalue weighted by atomic mass is 10.0. The van der Waals surface area contributed by atoms with Gasteiger partial charge < -0.3 is 5.32 Å². The molecule has 0 spiro atoms. The number of carbonyl (C=O) groups excluding carboxylic acids is 2. The molecule has 0 saturated heterocycles. The zero-order valence-electron chi connectivity index (χ0n) is 10.6. The minimum Gasteiger partial charge on any atom is -0.348 e. The van der Waals surface area contributed by atoms with Crippen LogP contribution in [-0.4, -0.2) is 18.2 Å². The molecule has 0 bridgehead atoms. The Kier molecular flexibility index (Phi) is 4.88. The Morgan fingerprint density at radius 1 is 1.12 bits per heavy atom. The fourth-order valence-corrected chi connectivity index (χ4v) is 1.42. The first kappa shape index (κ1) is 13.4. The normalized spacial score (nSPS) is 12.2. The summed E-state index contributed by atoms with van der Waals surface area (Å²) in [6, 6.07) is 9.54. The molecule has 0 aliphatic rings. The predicted molar refractivity (Wildman–Crippen MR) is 67.7 cm³/mol. The molecule has 3 heteroatoms. The van der Waals surface area contributed by atoms with Gasteiger partial charge in [-0.25, -0.2) is 0 Å². The maximum Gasteiger partial charge on any atom is 0.227 e. The van der Waals surface area contributed by atoms with Crippen molar-refractivity contribution in [3.05, 3.63) is 35.9 Å². The van der Waals surface area contributed by atoms with Crippen molar-refractivity contribution in [3.8, 4) is 0 Å². The highest BCUT2D eigenvalue weighted by Crippen LogP contribution is 2.14. The number of hydrogen-bond donors (Lipinski definition) is 1. The molecule has 0 heterocycles. The summed E-state index contributed by atoms with van der Waals surface area (Å²) in [5.41, 5.74) is 0.960. The van der Waals surface area contributed by atoms with E-state index in [4.69, 9.17) is 0 Å². The van der Waals surface area contributed by atoms with Crippen LogP contribution in [0.2, 0.25) is 0 Å². The predicted octanol–water partition coefficient (Wildman–Crippen LogP) is 2.13. The Morgan fingerprint density at radius 2 is 1.71 bits per heavy atom. The Hall–Kier alpha value is -1.64. The molecule has 1 N–H and O–H groups in total. The van der Waals surface area contributed by atoms with E-state index < -0.39 is 0 Å². The second kappa shape index (κ2) is 6.18. The monoisotopic (exact) mass is 233 g/mol. The van der Waals surface area contributed by atoms with E-state index in [1.807, 2.05) is 51.1 Å². The van der Waals surface area contributed by atoms with Crippen LogP contribution >= 0.6 is 0 Å². The average Bonchev–Trinajstić information content (AvgIpc) is 2.35. The van der Waals surface area contributed by atoms with Crippen molar-refractivity contribution in [2.24, 2.45) is 5.92 Å². The van der Waals surface area contributed by atoms with Crippen molar-refractivity contribution >= 4 is 11.7 Å². The van der Waals surface area contributed by atoms with Crippen LogP contribution in [-0.2, 0) is 9.59 Å². The SMILES string of the molecule is CC(C)C(=O)CNC(=O)C(C)c1ccccc1. The number of amides is 1. The molecule has 1 amide bonds. The molecule has 1 aromatic rings. The number of carbonyl (C=O) groups is 2. The molecule has 0 radical (unpaired) electrons. The van der Waals surface area contributed by atoms with Crippen LogP contribution in [0, 0.1) is 5.92 Å². The van der Waals surface area contributed by atoms with E-state index in [9.17, 15) is 9.59 Å². The van der Waals surface area contributed by atoms with Crippen molar-refractivity contribution in [2.75, 3.05) is 6.54 Å². The van der Waals surface area contributed by atoms with Crippen molar-refractivity contribution < 1.29 is 9.59 Å². The fraction of sp³-hybridized carbons (Fsp3) is 0.429. The molecule has 0 fully saturated rings. The van der Waals surface area contributed by atoms with Crippen LogP contribution < -0.4 is 5.32 Å². The second-order valence-electron chi connectivity index (χ2n) is 4.47. The van der Waals surface area contributed by atoms with E-state index in [1.54, 1.807) is 0 Å². The summed E-state index contributed by atoms with van der Waals surface area (Å²) in [7, 11) is 0. The summed E-state index contributed by atoms with van der Waals surface area (Å²) >= 11 is 0. The summed E-state index contributed by atoms with van der Waals surface area (Å²) in [5.74, 6) is -0.317. The quantitative estimate of drug-likeness (QED) is 0.846. The lowest BCUT2D eigenvalue weighted by molar-refractivity contribution is -0.127. The zero-order valence-corrected chi connectivity index (χ0v) is 10.6. The topological polar surface area (TPSA) is 46.2 Å². The summed E-state index contributed by atoms with van der Waals surface area (Å²) in [6.45, 7) is 5.61. The Balaban J connectivity index is 2.51. The van der Waals surface area contributed by atoms with Gasteiger partial charge in [0, 0.05) is 5.92 Å². The maximum absolute atomic E-state index is 11.8. The minimum atomic E-state index is -0.226. The highest BCUT2D eigenvalue weighted by Gasteiger charge is 2.16. The van der Waals surface area contributed by atoms with Crippen LogP contribution in [0.15, 0.2) is 30.3 Å². The molecule has 1 aromatic carbocycles. The van der Waals surface area contributed by atoms with Gasteiger partial charge in [-0.2, -0.15) is 0 Å². The second-order valence-corrected chi connectivity index (χ2v) is 4.47. The molecule has 1 rings (SSSR count). The zero-order chi connectivity index (χ0) is 12.8. The van der Waals surface area contributed by atoms with E-state index >= 15 is 0 Å². The number of Topliss-reactive ketones (excluding diaryl/α,β-unsaturated/α-hetero) is 1. The molecule has 92 valence electrons. The van der Waals surface area contributed by atoms with Crippen LogP contribution in [0.5, 0.6) is 0 Å². The lowest BCUT2D eigenvalue weighted by Gasteiger charge is -2.12. The van der Waals surface area contributed by atoms with E-state index in [0.717, 1.165) is 5.56 Å². The Bertz CT molecular complexity index is 384. The molecule has 0 saturated carbocycles. The first-order valence-corrected chi connectivity index (χ1v) is 5.87. The molecular formula is C14H19NO2. The molecule has 1 unspecified atom stereocenters. The summed E-state index contributed by atoms with van der Waals surface area (Å²) in [4.78, 5) is 23.2. The van der Waals surface area contributed by atoms with Gasteiger partial charge in [0.25, 0.3) is 0 Å². The largest absolute Gasteiger partial charge is 0.348 e. The van der Waals surface area contributed by atoms with E-state index in [1.165, 1.54) is 0 Å². The first-order valence-electron chi connectivity index (χ1n) is 5.87. The van der Waals surface area contributed by atoms with Gasteiger partial charge >= 0.3 is 0 Å². The highest BCUT2D eigenvalue weighted by molar-refractivity contribution is 5.89. The van der Waals surface area contributed by atoms with Crippen molar-refractivity contribution in [3.63, 3.8) is 0 Å². The third-order valence-electron chi connectivity index (χ3n) is 2.77. The first-order chi connectivity index (χ1) is 8.02. The van der Waals surface area contributed by atoms with Crippen molar-refractivity contribution in [2.45, 2.75) is 26.7 Å². The van der Waals surface area contributed by atoms with Gasteiger partial charge in [0.15, 0.2) is 5.78 Å². The summed E-state index contributed by atoms with van der Waals surface area (Å²) in [6.07, 6.45) is 0. The highest BCUT2D eigenvalue weighted by atomic mass is 16.2. The van der Waals surface area contributed by atoms with Crippen molar-refractivity contribution in [1.82, 2.24) is 5.32 Å². The molecule has 0 aliphatic carbocycles. The third-order valence-corrected chi connectivity index (χ3v) is 2.77. The van der Waals surface area contributed by atoms with E-state index in [2.05, 4.69) is 5.32 Å². The van der Waals surface area contributed by atoms with E-state index in [0.29, 0.717) is 0 Å². The molecule has 1 atom stereocenters. The average molecular weight is 233 g/mol. The molecular weight excluding hydrogens is 214 g/mol. The van der Waals surface area contributed by atoms with Gasteiger partial charge in [-0.3, -0.25) is 9.59 Å². The summed E-state index contributed by atoms with van der Waals surface area (Å²) in [5, 5.41) is 2.67.